The Labute approximate surface area is 75.0 Å². The number of carbonyl (C=O) groups excluding carboxylic acids is 1. The van der Waals surface area contributed by atoms with Gasteiger partial charge in [-0.05, 0) is 13.0 Å². The minimum Gasteiger partial charge on any atom is -0.317 e. The number of aromatic nitrogens is 1. The highest BCUT2D eigenvalue weighted by molar-refractivity contribution is 5.94. The van der Waals surface area contributed by atoms with Crippen molar-refractivity contribution in [2.75, 3.05) is 0 Å². The number of ketones is 1. The van der Waals surface area contributed by atoms with E-state index in [9.17, 15) is 9.59 Å². The molecule has 0 aromatic carbocycles. The molecule has 0 bridgehead atoms. The van der Waals surface area contributed by atoms with Crippen molar-refractivity contribution in [3.63, 3.8) is 0 Å². The van der Waals surface area contributed by atoms with Gasteiger partial charge in [-0.15, -0.1) is 0 Å². The lowest BCUT2D eigenvalue weighted by Crippen LogP contribution is -2.20. The van der Waals surface area contributed by atoms with Crippen LogP contribution < -0.4 is 5.56 Å². The van der Waals surface area contributed by atoms with Crippen molar-refractivity contribution in [3.8, 4) is 6.07 Å². The van der Waals surface area contributed by atoms with E-state index in [2.05, 4.69) is 0 Å². The molecule has 0 saturated carbocycles. The maximum Gasteiger partial charge on any atom is 0.268 e. The molecule has 13 heavy (non-hydrogen) atoms. The van der Waals surface area contributed by atoms with Crippen molar-refractivity contribution in [1.29, 1.82) is 5.26 Å². The van der Waals surface area contributed by atoms with E-state index in [1.807, 2.05) is 0 Å². The molecule has 0 spiro atoms. The van der Waals surface area contributed by atoms with Gasteiger partial charge in [0.1, 0.15) is 11.6 Å². The Balaban J connectivity index is 3.50. The van der Waals surface area contributed by atoms with E-state index in [1.165, 1.54) is 30.8 Å². The van der Waals surface area contributed by atoms with Gasteiger partial charge < -0.3 is 4.57 Å². The predicted octanol–water partition coefficient (Wildman–Crippen LogP) is 0.460. The Hall–Kier alpha value is -1.89. The highest BCUT2D eigenvalue weighted by atomic mass is 16.1. The van der Waals surface area contributed by atoms with Crippen LogP contribution >= 0.6 is 0 Å². The molecule has 0 N–H and O–H groups in total. The average Bonchev–Trinajstić information content (AvgIpc) is 2.09. The summed E-state index contributed by atoms with van der Waals surface area (Å²) < 4.78 is 1.23. The summed E-state index contributed by atoms with van der Waals surface area (Å²) >= 11 is 0. The number of pyridine rings is 1. The molecule has 0 aliphatic rings. The van der Waals surface area contributed by atoms with Gasteiger partial charge in [0.05, 0.1) is 0 Å². The van der Waals surface area contributed by atoms with E-state index >= 15 is 0 Å². The maximum absolute atomic E-state index is 11.2. The highest BCUT2D eigenvalue weighted by Crippen LogP contribution is 1.99. The van der Waals surface area contributed by atoms with Crippen LogP contribution in [0.25, 0.3) is 0 Å². The van der Waals surface area contributed by atoms with Gasteiger partial charge in [-0.2, -0.15) is 5.26 Å². The molecule has 0 unspecified atom stereocenters. The Bertz CT molecular complexity index is 452. The summed E-state index contributed by atoms with van der Waals surface area (Å²) in [5.74, 6) is -0.160. The third kappa shape index (κ3) is 1.64. The van der Waals surface area contributed by atoms with Gasteiger partial charge in [0, 0.05) is 18.8 Å². The van der Waals surface area contributed by atoms with E-state index in [4.69, 9.17) is 5.26 Å². The van der Waals surface area contributed by atoms with Crippen LogP contribution in [0.3, 0.4) is 0 Å². The topological polar surface area (TPSA) is 62.9 Å². The third-order valence-electron chi connectivity index (χ3n) is 1.71. The summed E-state index contributed by atoms with van der Waals surface area (Å²) in [6, 6.07) is 3.06. The molecule has 0 saturated heterocycles. The van der Waals surface area contributed by atoms with Crippen molar-refractivity contribution >= 4 is 5.78 Å². The summed E-state index contributed by atoms with van der Waals surface area (Å²) in [5, 5.41) is 8.57. The summed E-state index contributed by atoms with van der Waals surface area (Å²) in [4.78, 5) is 22.2. The van der Waals surface area contributed by atoms with Crippen molar-refractivity contribution < 1.29 is 4.79 Å². The molecular weight excluding hydrogens is 168 g/mol. The second-order valence-electron chi connectivity index (χ2n) is 2.73. The Morgan fingerprint density at radius 2 is 2.23 bits per heavy atom. The maximum atomic E-state index is 11.2. The first-order valence-corrected chi connectivity index (χ1v) is 3.68. The van der Waals surface area contributed by atoms with Gasteiger partial charge in [0.25, 0.3) is 5.56 Å². The normalized spacial score (nSPS) is 9.31. The van der Waals surface area contributed by atoms with Crippen LogP contribution in [-0.2, 0) is 7.05 Å². The molecule has 1 aromatic heterocycles. The van der Waals surface area contributed by atoms with Crippen LogP contribution in [0, 0.1) is 11.3 Å². The molecule has 0 radical (unpaired) electrons. The molecule has 1 rings (SSSR count). The van der Waals surface area contributed by atoms with Gasteiger partial charge in [-0.1, -0.05) is 0 Å². The molecule has 1 aromatic rings. The summed E-state index contributed by atoms with van der Waals surface area (Å²) in [6.45, 7) is 1.39. The first-order chi connectivity index (χ1) is 6.06. The van der Waals surface area contributed by atoms with Crippen LogP contribution in [0.1, 0.15) is 22.8 Å². The molecule has 66 valence electrons. The van der Waals surface area contributed by atoms with Crippen LogP contribution in [-0.4, -0.2) is 10.4 Å². The van der Waals surface area contributed by atoms with Crippen molar-refractivity contribution in [2.24, 2.45) is 7.05 Å². The number of hydrogen-bond acceptors (Lipinski definition) is 3. The highest BCUT2D eigenvalue weighted by Gasteiger charge is 2.06. The first kappa shape index (κ1) is 9.20. The fourth-order valence-corrected chi connectivity index (χ4v) is 0.984. The molecule has 4 nitrogen and oxygen atoms in total. The quantitative estimate of drug-likeness (QED) is 0.584. The van der Waals surface area contributed by atoms with E-state index in [0.29, 0.717) is 5.56 Å². The summed E-state index contributed by atoms with van der Waals surface area (Å²) in [7, 11) is 1.51. The lowest BCUT2D eigenvalue weighted by molar-refractivity contribution is 0.101. The fourth-order valence-electron chi connectivity index (χ4n) is 0.984. The fraction of sp³-hybridized carbons (Fsp3) is 0.222. The van der Waals surface area contributed by atoms with E-state index in [1.54, 1.807) is 6.07 Å². The lowest BCUT2D eigenvalue weighted by Gasteiger charge is -2.00. The van der Waals surface area contributed by atoms with Gasteiger partial charge in [-0.3, -0.25) is 9.59 Å². The second kappa shape index (κ2) is 3.23. The van der Waals surface area contributed by atoms with Gasteiger partial charge >= 0.3 is 0 Å². The number of hydrogen-bond donors (Lipinski definition) is 0. The Kier molecular flexibility index (Phi) is 2.29. The molecular formula is C9H8N2O2. The number of nitrogens with zero attached hydrogens (tertiary/aromatic N) is 2. The number of aryl methyl sites for hydroxylation is 1. The molecule has 1 heterocycles. The van der Waals surface area contributed by atoms with Crippen molar-refractivity contribution in [1.82, 2.24) is 4.57 Å². The SMILES string of the molecule is CC(=O)c1cc(C#N)c(=O)n(C)c1. The summed E-state index contributed by atoms with van der Waals surface area (Å²) in [6.07, 6.45) is 1.42. The Morgan fingerprint density at radius 1 is 1.62 bits per heavy atom. The zero-order valence-corrected chi connectivity index (χ0v) is 7.37. The molecule has 0 fully saturated rings. The standard InChI is InChI=1S/C9H8N2O2/c1-6(12)8-3-7(4-10)9(13)11(2)5-8/h3,5H,1-2H3. The monoisotopic (exact) mass is 176 g/mol. The number of rotatable bonds is 1. The van der Waals surface area contributed by atoms with Crippen LogP contribution in [0.5, 0.6) is 0 Å². The molecule has 0 aliphatic carbocycles. The zero-order valence-electron chi connectivity index (χ0n) is 7.37. The smallest absolute Gasteiger partial charge is 0.268 e. The van der Waals surface area contributed by atoms with Crippen molar-refractivity contribution in [3.05, 3.63) is 33.7 Å². The van der Waals surface area contributed by atoms with Crippen LogP contribution in [0.4, 0.5) is 0 Å². The largest absolute Gasteiger partial charge is 0.317 e. The van der Waals surface area contributed by atoms with Crippen LogP contribution in [0.2, 0.25) is 0 Å². The van der Waals surface area contributed by atoms with Gasteiger partial charge in [-0.25, -0.2) is 0 Å². The average molecular weight is 176 g/mol. The third-order valence-corrected chi connectivity index (χ3v) is 1.71. The lowest BCUT2D eigenvalue weighted by atomic mass is 10.1. The minimum atomic E-state index is -0.382. The molecule has 0 amide bonds. The molecule has 4 heteroatoms. The number of Topliss-reactive ketones (excluding diaryl/α,β-unsaturated/α-hetero) is 1. The van der Waals surface area contributed by atoms with Gasteiger partial charge in [0.15, 0.2) is 5.78 Å². The molecule has 0 atom stereocenters. The predicted molar refractivity (Wildman–Crippen MR) is 46.4 cm³/mol. The second-order valence-corrected chi connectivity index (χ2v) is 2.73. The van der Waals surface area contributed by atoms with E-state index < -0.39 is 0 Å². The first-order valence-electron chi connectivity index (χ1n) is 3.68. The summed E-state index contributed by atoms with van der Waals surface area (Å²) in [5.41, 5.74) is -0.0126. The van der Waals surface area contributed by atoms with Crippen LogP contribution in [0.15, 0.2) is 17.1 Å². The molecule has 0 aliphatic heterocycles. The van der Waals surface area contributed by atoms with E-state index in [-0.39, 0.29) is 16.9 Å². The number of nitriles is 1. The van der Waals surface area contributed by atoms with E-state index in [0.717, 1.165) is 0 Å². The minimum absolute atomic E-state index is 0.00444. The zero-order chi connectivity index (χ0) is 10.0. The Morgan fingerprint density at radius 3 is 2.69 bits per heavy atom. The van der Waals surface area contributed by atoms with Crippen molar-refractivity contribution in [2.45, 2.75) is 6.92 Å². The number of carbonyl (C=O) groups is 1. The van der Waals surface area contributed by atoms with Gasteiger partial charge in [0.2, 0.25) is 0 Å².